The fraction of sp³-hybridized carbons (Fsp3) is 0.545. The van der Waals surface area contributed by atoms with Gasteiger partial charge >= 0.3 is 0 Å². The average Bonchev–Trinajstić information content (AvgIpc) is 2.78. The Balaban J connectivity index is 1.64. The van der Waals surface area contributed by atoms with Crippen LogP contribution >= 0.6 is 0 Å². The van der Waals surface area contributed by atoms with Crippen LogP contribution in [0.3, 0.4) is 0 Å². The van der Waals surface area contributed by atoms with Gasteiger partial charge in [-0.25, -0.2) is 0 Å². The second kappa shape index (κ2) is 10.5. The Labute approximate surface area is 179 Å². The Kier molecular flexibility index (Phi) is 8.03. The number of hydrogen-bond acceptors (Lipinski definition) is 9. The smallest absolute Gasteiger partial charge is 0.147 e. The van der Waals surface area contributed by atoms with E-state index in [2.05, 4.69) is 23.7 Å². The summed E-state index contributed by atoms with van der Waals surface area (Å²) in [7, 11) is 0. The number of aliphatic hydroxyl groups is 7. The quantitative estimate of drug-likeness (QED) is 0.242. The molecule has 0 bridgehead atoms. The van der Waals surface area contributed by atoms with Crippen LogP contribution in [0.5, 0.6) is 0 Å². The van der Waals surface area contributed by atoms with E-state index in [0.717, 1.165) is 0 Å². The van der Waals surface area contributed by atoms with Crippen molar-refractivity contribution in [2.24, 2.45) is 0 Å². The van der Waals surface area contributed by atoms with Gasteiger partial charge in [-0.3, -0.25) is 0 Å². The third kappa shape index (κ3) is 5.62. The molecule has 0 unspecified atom stereocenters. The van der Waals surface area contributed by atoms with Gasteiger partial charge in [0.05, 0.1) is 19.3 Å². The van der Waals surface area contributed by atoms with Crippen molar-refractivity contribution in [1.29, 1.82) is 0 Å². The lowest BCUT2D eigenvalue weighted by Crippen LogP contribution is -2.58. The lowest BCUT2D eigenvalue weighted by atomic mass is 9.95. The van der Waals surface area contributed by atoms with Crippen molar-refractivity contribution in [1.82, 2.24) is 0 Å². The molecule has 2 fully saturated rings. The SMILES string of the molecule is OC[C@H]1O[C@H](C#Cc2ccc(C#C[C@@H]3C[C@@H](O)[C@H](O)[C@@H](CO)O3)cc2)[C@@H](O)[C@@H](O)[C@@H]1O. The highest BCUT2D eigenvalue weighted by Crippen LogP contribution is 2.21. The standard InChI is InChI=1S/C22H26O9/c23-10-17-19(26)15(25)9-14(30-17)7-5-12-1-3-13(4-2-12)6-8-16-20(27)22(29)21(28)18(11-24)31-16/h1-4,14-29H,9-11H2/t14-,15-,16-,17-,18-,19+,20-,21-,22-/m1/s1. The molecule has 3 rings (SSSR count). The molecule has 31 heavy (non-hydrogen) atoms. The van der Waals surface area contributed by atoms with Gasteiger partial charge in [0, 0.05) is 17.5 Å². The summed E-state index contributed by atoms with van der Waals surface area (Å²) in [4.78, 5) is 0. The first kappa shape index (κ1) is 23.6. The topological polar surface area (TPSA) is 160 Å². The molecule has 9 nitrogen and oxygen atoms in total. The minimum Gasteiger partial charge on any atom is -0.394 e. The van der Waals surface area contributed by atoms with E-state index in [9.17, 15) is 35.7 Å². The first-order valence-electron chi connectivity index (χ1n) is 9.90. The van der Waals surface area contributed by atoms with Crippen LogP contribution in [0, 0.1) is 23.7 Å². The molecule has 0 saturated carbocycles. The molecule has 0 amide bonds. The summed E-state index contributed by atoms with van der Waals surface area (Å²) in [6.07, 6.45) is -9.95. The van der Waals surface area contributed by atoms with Crippen molar-refractivity contribution < 1.29 is 45.2 Å². The Bertz CT molecular complexity index is 848. The zero-order valence-corrected chi connectivity index (χ0v) is 16.6. The van der Waals surface area contributed by atoms with Crippen LogP contribution in [0.2, 0.25) is 0 Å². The monoisotopic (exact) mass is 434 g/mol. The molecule has 1 aromatic carbocycles. The third-order valence-electron chi connectivity index (χ3n) is 5.26. The molecule has 0 spiro atoms. The number of aliphatic hydroxyl groups excluding tert-OH is 7. The molecular weight excluding hydrogens is 408 g/mol. The molecule has 9 atom stereocenters. The molecule has 2 saturated heterocycles. The highest BCUT2D eigenvalue weighted by molar-refractivity contribution is 5.42. The molecular formula is C22H26O9. The van der Waals surface area contributed by atoms with Crippen LogP contribution in [-0.4, -0.2) is 104 Å². The number of ether oxygens (including phenoxy) is 2. The second-order valence-electron chi connectivity index (χ2n) is 7.50. The van der Waals surface area contributed by atoms with Crippen LogP contribution in [0.15, 0.2) is 24.3 Å². The average molecular weight is 434 g/mol. The van der Waals surface area contributed by atoms with Crippen LogP contribution < -0.4 is 0 Å². The van der Waals surface area contributed by atoms with Crippen LogP contribution in [0.4, 0.5) is 0 Å². The highest BCUT2D eigenvalue weighted by Gasteiger charge is 2.42. The Hall–Kier alpha value is -2.02. The summed E-state index contributed by atoms with van der Waals surface area (Å²) in [5.41, 5.74) is 1.25. The fourth-order valence-corrected chi connectivity index (χ4v) is 3.37. The first-order chi connectivity index (χ1) is 14.8. The highest BCUT2D eigenvalue weighted by atomic mass is 16.5. The third-order valence-corrected chi connectivity index (χ3v) is 5.26. The molecule has 0 radical (unpaired) electrons. The predicted molar refractivity (Wildman–Crippen MR) is 106 cm³/mol. The van der Waals surface area contributed by atoms with E-state index in [1.165, 1.54) is 0 Å². The molecule has 9 heteroatoms. The first-order valence-corrected chi connectivity index (χ1v) is 9.90. The van der Waals surface area contributed by atoms with Crippen molar-refractivity contribution in [2.75, 3.05) is 13.2 Å². The number of benzene rings is 1. The van der Waals surface area contributed by atoms with Crippen LogP contribution in [0.1, 0.15) is 17.5 Å². The van der Waals surface area contributed by atoms with Gasteiger partial charge in [-0.1, -0.05) is 23.7 Å². The van der Waals surface area contributed by atoms with E-state index in [4.69, 9.17) is 9.47 Å². The Morgan fingerprint density at radius 3 is 1.84 bits per heavy atom. The van der Waals surface area contributed by atoms with Gasteiger partial charge in [0.25, 0.3) is 0 Å². The van der Waals surface area contributed by atoms with E-state index < -0.39 is 68.1 Å². The summed E-state index contributed by atoms with van der Waals surface area (Å²) in [6, 6.07) is 6.81. The zero-order valence-electron chi connectivity index (χ0n) is 16.6. The van der Waals surface area contributed by atoms with Crippen molar-refractivity contribution in [2.45, 2.75) is 61.4 Å². The fourth-order valence-electron chi connectivity index (χ4n) is 3.37. The van der Waals surface area contributed by atoms with Gasteiger partial charge in [0.2, 0.25) is 0 Å². The van der Waals surface area contributed by atoms with Gasteiger partial charge in [-0.15, -0.1) is 0 Å². The van der Waals surface area contributed by atoms with Gasteiger partial charge in [-0.2, -0.15) is 0 Å². The predicted octanol–water partition coefficient (Wildman–Crippen LogP) is -2.90. The zero-order chi connectivity index (χ0) is 22.5. The van der Waals surface area contributed by atoms with Crippen molar-refractivity contribution in [3.05, 3.63) is 35.4 Å². The van der Waals surface area contributed by atoms with E-state index in [0.29, 0.717) is 11.1 Å². The minimum atomic E-state index is -1.48. The molecule has 0 aromatic heterocycles. The molecule has 0 aliphatic carbocycles. The largest absolute Gasteiger partial charge is 0.394 e. The van der Waals surface area contributed by atoms with Gasteiger partial charge in [0.1, 0.15) is 48.8 Å². The van der Waals surface area contributed by atoms with Crippen LogP contribution in [-0.2, 0) is 9.47 Å². The molecule has 168 valence electrons. The number of rotatable bonds is 2. The van der Waals surface area contributed by atoms with Crippen molar-refractivity contribution >= 4 is 0 Å². The molecule has 1 aromatic rings. The summed E-state index contributed by atoms with van der Waals surface area (Å²) in [6.45, 7) is -0.936. The molecule has 7 N–H and O–H groups in total. The maximum Gasteiger partial charge on any atom is 0.147 e. The Morgan fingerprint density at radius 1 is 0.710 bits per heavy atom. The summed E-state index contributed by atoms with van der Waals surface area (Å²) in [5, 5.41) is 67.6. The molecule has 2 aliphatic rings. The summed E-state index contributed by atoms with van der Waals surface area (Å²) < 4.78 is 10.8. The van der Waals surface area contributed by atoms with E-state index >= 15 is 0 Å². The lowest BCUT2D eigenvalue weighted by molar-refractivity contribution is -0.214. The van der Waals surface area contributed by atoms with Gasteiger partial charge in [0.15, 0.2) is 0 Å². The van der Waals surface area contributed by atoms with Gasteiger partial charge in [-0.05, 0) is 24.3 Å². The lowest BCUT2D eigenvalue weighted by Gasteiger charge is -2.37. The Morgan fingerprint density at radius 2 is 1.26 bits per heavy atom. The second-order valence-corrected chi connectivity index (χ2v) is 7.50. The minimum absolute atomic E-state index is 0.132. The maximum absolute atomic E-state index is 10.0. The van der Waals surface area contributed by atoms with E-state index in [1.807, 2.05) is 0 Å². The van der Waals surface area contributed by atoms with Crippen molar-refractivity contribution in [3.63, 3.8) is 0 Å². The maximum atomic E-state index is 10.0. The summed E-state index contributed by atoms with van der Waals surface area (Å²) >= 11 is 0. The van der Waals surface area contributed by atoms with Crippen molar-refractivity contribution in [3.8, 4) is 23.7 Å². The number of hydrogen-bond donors (Lipinski definition) is 7. The van der Waals surface area contributed by atoms with Crippen LogP contribution in [0.25, 0.3) is 0 Å². The van der Waals surface area contributed by atoms with E-state index in [1.54, 1.807) is 24.3 Å². The normalized spacial score (nSPS) is 37.8. The van der Waals surface area contributed by atoms with E-state index in [-0.39, 0.29) is 6.42 Å². The molecule has 2 aliphatic heterocycles. The summed E-state index contributed by atoms with van der Waals surface area (Å²) in [5.74, 6) is 11.3. The van der Waals surface area contributed by atoms with Gasteiger partial charge < -0.3 is 45.2 Å². The molecule has 2 heterocycles.